The highest BCUT2D eigenvalue weighted by Crippen LogP contribution is 2.32. The van der Waals surface area contributed by atoms with Crippen LogP contribution in [0.3, 0.4) is 0 Å². The quantitative estimate of drug-likeness (QED) is 0.715. The maximum Gasteiger partial charge on any atom is 0.260 e. The van der Waals surface area contributed by atoms with Crippen LogP contribution in [0, 0.1) is 11.3 Å². The van der Waals surface area contributed by atoms with Gasteiger partial charge in [-0.3, -0.25) is 4.79 Å². The van der Waals surface area contributed by atoms with Crippen molar-refractivity contribution in [3.8, 4) is 17.6 Å². The van der Waals surface area contributed by atoms with Crippen LogP contribution < -0.4 is 14.8 Å². The van der Waals surface area contributed by atoms with Crippen LogP contribution in [-0.4, -0.2) is 48.2 Å². The molecule has 0 radical (unpaired) electrons. The Balaban J connectivity index is 2.14. The average molecular weight is 402 g/mol. The van der Waals surface area contributed by atoms with E-state index in [1.807, 2.05) is 4.90 Å². The van der Waals surface area contributed by atoms with Crippen molar-refractivity contribution in [2.45, 2.75) is 77.4 Å². The van der Waals surface area contributed by atoms with Crippen LogP contribution in [0.2, 0.25) is 0 Å². The molecule has 1 aliphatic rings. The first kappa shape index (κ1) is 23.0. The van der Waals surface area contributed by atoms with Gasteiger partial charge >= 0.3 is 0 Å². The predicted molar refractivity (Wildman–Crippen MR) is 114 cm³/mol. The molecule has 1 fully saturated rings. The van der Waals surface area contributed by atoms with Gasteiger partial charge in [0.15, 0.2) is 18.1 Å². The van der Waals surface area contributed by atoms with E-state index in [4.69, 9.17) is 14.7 Å². The van der Waals surface area contributed by atoms with Gasteiger partial charge in [0.2, 0.25) is 0 Å². The molecule has 29 heavy (non-hydrogen) atoms. The average Bonchev–Trinajstić information content (AvgIpc) is 2.64. The minimum Gasteiger partial charge on any atom is -0.493 e. The van der Waals surface area contributed by atoms with Gasteiger partial charge in [0.1, 0.15) is 0 Å². The number of nitrogens with one attached hydrogen (secondary N) is 1. The lowest BCUT2D eigenvalue weighted by atomic mass is 9.79. The second kappa shape index (κ2) is 9.49. The first-order valence-corrected chi connectivity index (χ1v) is 10.4. The fraction of sp³-hybridized carbons (Fsp3) is 0.652. The molecule has 1 N–H and O–H groups in total. The Kier molecular flexibility index (Phi) is 7.54. The number of nitrogens with zero attached hydrogens (tertiary/aromatic N) is 2. The molecular weight excluding hydrogens is 366 g/mol. The van der Waals surface area contributed by atoms with Crippen LogP contribution in [-0.2, 0) is 4.79 Å². The van der Waals surface area contributed by atoms with Crippen molar-refractivity contribution in [2.24, 2.45) is 0 Å². The summed E-state index contributed by atoms with van der Waals surface area (Å²) < 4.78 is 11.1. The molecule has 6 heteroatoms. The molecule has 0 atom stereocenters. The van der Waals surface area contributed by atoms with E-state index in [0.717, 1.165) is 32.2 Å². The number of carbonyl (C=O) groups excluding carboxylic acids is 1. The molecule has 1 aliphatic heterocycles. The van der Waals surface area contributed by atoms with Crippen molar-refractivity contribution < 1.29 is 14.3 Å². The molecule has 1 saturated heterocycles. The molecule has 2 rings (SSSR count). The summed E-state index contributed by atoms with van der Waals surface area (Å²) in [7, 11) is 1.53. The van der Waals surface area contributed by atoms with Crippen molar-refractivity contribution in [1.82, 2.24) is 10.2 Å². The SMILES string of the molecule is CCCCN(C(=O)COc1ccc(C#N)cc1OC)C1CC(C)(C)NC(C)(C)C1. The topological polar surface area (TPSA) is 74.6 Å². The Morgan fingerprint density at radius 2 is 1.90 bits per heavy atom. The number of hydrogen-bond donors (Lipinski definition) is 1. The third-order valence-electron chi connectivity index (χ3n) is 5.33. The number of methoxy groups -OCH3 is 1. The van der Waals surface area contributed by atoms with Gasteiger partial charge in [-0.15, -0.1) is 0 Å². The lowest BCUT2D eigenvalue weighted by Gasteiger charge is -2.49. The summed E-state index contributed by atoms with van der Waals surface area (Å²) in [6, 6.07) is 7.21. The van der Waals surface area contributed by atoms with Crippen LogP contribution in [0.4, 0.5) is 0 Å². The summed E-state index contributed by atoms with van der Waals surface area (Å²) in [5.41, 5.74) is 0.423. The maximum atomic E-state index is 13.2. The van der Waals surface area contributed by atoms with Crippen LogP contribution in [0.15, 0.2) is 18.2 Å². The number of amides is 1. The number of piperidine rings is 1. The highest BCUT2D eigenvalue weighted by Gasteiger charge is 2.41. The number of ether oxygens (including phenoxy) is 2. The molecular formula is C23H35N3O3. The largest absolute Gasteiger partial charge is 0.493 e. The Morgan fingerprint density at radius 1 is 1.24 bits per heavy atom. The minimum absolute atomic E-state index is 0.0108. The van der Waals surface area contributed by atoms with E-state index in [2.05, 4.69) is 46.0 Å². The van der Waals surface area contributed by atoms with Gasteiger partial charge in [0, 0.05) is 29.7 Å². The van der Waals surface area contributed by atoms with Crippen LogP contribution in [0.5, 0.6) is 11.5 Å². The summed E-state index contributed by atoms with van der Waals surface area (Å²) in [6.07, 6.45) is 3.82. The minimum atomic E-state index is -0.0449. The van der Waals surface area contributed by atoms with Gasteiger partial charge in [0.25, 0.3) is 5.91 Å². The number of rotatable bonds is 8. The Morgan fingerprint density at radius 3 is 2.45 bits per heavy atom. The molecule has 1 heterocycles. The second-order valence-corrected chi connectivity index (χ2v) is 9.16. The Labute approximate surface area is 175 Å². The molecule has 0 aromatic heterocycles. The van der Waals surface area contributed by atoms with E-state index in [0.29, 0.717) is 17.1 Å². The normalized spacial score (nSPS) is 18.0. The van der Waals surface area contributed by atoms with Crippen molar-refractivity contribution in [1.29, 1.82) is 5.26 Å². The van der Waals surface area contributed by atoms with Crippen molar-refractivity contribution in [3.05, 3.63) is 23.8 Å². The molecule has 0 aliphatic carbocycles. The van der Waals surface area contributed by atoms with Gasteiger partial charge in [-0.2, -0.15) is 5.26 Å². The predicted octanol–water partition coefficient (Wildman–Crippen LogP) is 3.88. The Bertz CT molecular complexity index is 736. The fourth-order valence-corrected chi connectivity index (χ4v) is 4.41. The highest BCUT2D eigenvalue weighted by molar-refractivity contribution is 5.78. The highest BCUT2D eigenvalue weighted by atomic mass is 16.5. The van der Waals surface area contributed by atoms with E-state index < -0.39 is 0 Å². The zero-order valence-electron chi connectivity index (χ0n) is 18.7. The van der Waals surface area contributed by atoms with Crippen molar-refractivity contribution in [2.75, 3.05) is 20.3 Å². The van der Waals surface area contributed by atoms with Crippen LogP contribution in [0.1, 0.15) is 65.9 Å². The van der Waals surface area contributed by atoms with Gasteiger partial charge in [0.05, 0.1) is 18.7 Å². The summed E-state index contributed by atoms with van der Waals surface area (Å²) in [5, 5.41) is 12.7. The molecule has 1 aromatic rings. The van der Waals surface area contributed by atoms with E-state index in [9.17, 15) is 4.79 Å². The molecule has 160 valence electrons. The van der Waals surface area contributed by atoms with Crippen LogP contribution in [0.25, 0.3) is 0 Å². The molecule has 0 saturated carbocycles. The Hall–Kier alpha value is -2.26. The first-order valence-electron chi connectivity index (χ1n) is 10.4. The van der Waals surface area contributed by atoms with E-state index in [-0.39, 0.29) is 29.6 Å². The smallest absolute Gasteiger partial charge is 0.260 e. The van der Waals surface area contributed by atoms with Crippen molar-refractivity contribution >= 4 is 5.91 Å². The summed E-state index contributed by atoms with van der Waals surface area (Å²) in [4.78, 5) is 15.2. The first-order chi connectivity index (χ1) is 13.6. The van der Waals surface area contributed by atoms with Gasteiger partial charge in [-0.05, 0) is 59.1 Å². The number of unbranched alkanes of at least 4 members (excludes halogenated alkanes) is 1. The number of nitriles is 1. The number of benzene rings is 1. The zero-order chi connectivity index (χ0) is 21.7. The molecule has 1 aromatic carbocycles. The number of hydrogen-bond acceptors (Lipinski definition) is 5. The standard InChI is InChI=1S/C23H35N3O3/c1-7-8-11-26(18-13-22(2,3)25-23(4,5)14-18)21(27)16-29-19-10-9-17(15-24)12-20(19)28-6/h9-10,12,18,25H,7-8,11,13-14,16H2,1-6H3. The summed E-state index contributed by atoms with van der Waals surface area (Å²) in [5.74, 6) is 0.922. The van der Waals surface area contributed by atoms with Gasteiger partial charge in [-0.25, -0.2) is 0 Å². The van der Waals surface area contributed by atoms with Crippen LogP contribution >= 0.6 is 0 Å². The summed E-state index contributed by atoms with van der Waals surface area (Å²) >= 11 is 0. The lowest BCUT2D eigenvalue weighted by molar-refractivity contribution is -0.137. The van der Waals surface area contributed by atoms with Crippen molar-refractivity contribution in [3.63, 3.8) is 0 Å². The molecule has 6 nitrogen and oxygen atoms in total. The monoisotopic (exact) mass is 401 g/mol. The maximum absolute atomic E-state index is 13.2. The van der Waals surface area contributed by atoms with Gasteiger partial charge < -0.3 is 19.7 Å². The number of carbonyl (C=O) groups is 1. The fourth-order valence-electron chi connectivity index (χ4n) is 4.41. The lowest BCUT2D eigenvalue weighted by Crippen LogP contribution is -2.63. The van der Waals surface area contributed by atoms with E-state index >= 15 is 0 Å². The van der Waals surface area contributed by atoms with E-state index in [1.165, 1.54) is 7.11 Å². The third kappa shape index (κ3) is 6.37. The molecule has 0 spiro atoms. The zero-order valence-corrected chi connectivity index (χ0v) is 18.7. The van der Waals surface area contributed by atoms with Gasteiger partial charge in [-0.1, -0.05) is 13.3 Å². The molecule has 0 bridgehead atoms. The second-order valence-electron chi connectivity index (χ2n) is 9.16. The summed E-state index contributed by atoms with van der Waals surface area (Å²) in [6.45, 7) is 11.6. The molecule has 1 amide bonds. The van der Waals surface area contributed by atoms with E-state index in [1.54, 1.807) is 18.2 Å². The molecule has 0 unspecified atom stereocenters. The third-order valence-corrected chi connectivity index (χ3v) is 5.33.